The third-order valence-electron chi connectivity index (χ3n) is 4.28. The lowest BCUT2D eigenvalue weighted by atomic mass is 9.96. The molecule has 0 saturated carbocycles. The van der Waals surface area contributed by atoms with Gasteiger partial charge in [0.15, 0.2) is 0 Å². The van der Waals surface area contributed by atoms with Gasteiger partial charge in [0.05, 0.1) is 11.5 Å². The van der Waals surface area contributed by atoms with Crippen molar-refractivity contribution in [1.29, 1.82) is 0 Å². The summed E-state index contributed by atoms with van der Waals surface area (Å²) in [6, 6.07) is 4.99. The molecular formula is C15H23NO3S. The van der Waals surface area contributed by atoms with E-state index in [2.05, 4.69) is 6.92 Å². The number of hydrogen-bond donors (Lipinski definition) is 1. The van der Waals surface area contributed by atoms with Crippen LogP contribution in [0.15, 0.2) is 23.1 Å². The van der Waals surface area contributed by atoms with Gasteiger partial charge in [-0.1, -0.05) is 19.4 Å². The molecule has 0 unspecified atom stereocenters. The molecule has 0 bridgehead atoms. The summed E-state index contributed by atoms with van der Waals surface area (Å²) in [5, 5.41) is 9.28. The van der Waals surface area contributed by atoms with E-state index in [1.165, 1.54) is 0 Å². The van der Waals surface area contributed by atoms with Crippen molar-refractivity contribution in [3.05, 3.63) is 29.3 Å². The normalized spacial score (nSPS) is 18.4. The molecule has 0 aliphatic carbocycles. The van der Waals surface area contributed by atoms with Gasteiger partial charge in [-0.05, 0) is 48.9 Å². The monoisotopic (exact) mass is 297 g/mol. The van der Waals surface area contributed by atoms with Crippen LogP contribution in [0.5, 0.6) is 0 Å². The number of benzene rings is 1. The standard InChI is InChI=1S/C15H23NO3S/c1-3-13-6-8-16(9-7-13)20(18,19)15-5-4-12(2)14(10-15)11-17/h4-5,10,13,17H,3,6-9,11H2,1-2H3. The fraction of sp³-hybridized carbons (Fsp3) is 0.600. The van der Waals surface area contributed by atoms with Crippen LogP contribution in [-0.4, -0.2) is 30.9 Å². The SMILES string of the molecule is CCC1CCN(S(=O)(=O)c2ccc(C)c(CO)c2)CC1. The van der Waals surface area contributed by atoms with E-state index in [4.69, 9.17) is 0 Å². The third kappa shape index (κ3) is 3.05. The van der Waals surface area contributed by atoms with Gasteiger partial charge < -0.3 is 5.11 Å². The number of aliphatic hydroxyl groups is 1. The van der Waals surface area contributed by atoms with E-state index in [1.807, 2.05) is 6.92 Å². The molecule has 2 rings (SSSR count). The van der Waals surface area contributed by atoms with Gasteiger partial charge in [-0.25, -0.2) is 8.42 Å². The van der Waals surface area contributed by atoms with Crippen LogP contribution in [0.3, 0.4) is 0 Å². The molecule has 5 heteroatoms. The molecule has 112 valence electrons. The summed E-state index contributed by atoms with van der Waals surface area (Å²) in [6.07, 6.45) is 3.00. The van der Waals surface area contributed by atoms with E-state index in [0.29, 0.717) is 29.5 Å². The van der Waals surface area contributed by atoms with Crippen LogP contribution < -0.4 is 0 Å². The Morgan fingerprint density at radius 1 is 1.30 bits per heavy atom. The number of rotatable bonds is 4. The first-order valence-electron chi connectivity index (χ1n) is 7.19. The van der Waals surface area contributed by atoms with Gasteiger partial charge in [-0.2, -0.15) is 4.31 Å². The first-order chi connectivity index (χ1) is 9.48. The van der Waals surface area contributed by atoms with Crippen LogP contribution in [-0.2, 0) is 16.6 Å². The Hall–Kier alpha value is -0.910. The van der Waals surface area contributed by atoms with Gasteiger partial charge in [0, 0.05) is 13.1 Å². The fourth-order valence-corrected chi connectivity index (χ4v) is 4.21. The number of nitrogens with zero attached hydrogens (tertiary/aromatic N) is 1. The highest BCUT2D eigenvalue weighted by molar-refractivity contribution is 7.89. The highest BCUT2D eigenvalue weighted by Crippen LogP contribution is 2.26. The van der Waals surface area contributed by atoms with Gasteiger partial charge >= 0.3 is 0 Å². The molecule has 1 fully saturated rings. The Balaban J connectivity index is 2.22. The predicted molar refractivity (Wildman–Crippen MR) is 78.9 cm³/mol. The molecule has 0 atom stereocenters. The maximum atomic E-state index is 12.6. The lowest BCUT2D eigenvalue weighted by Gasteiger charge is -2.30. The Kier molecular flexibility index (Phi) is 4.83. The molecule has 4 nitrogen and oxygen atoms in total. The van der Waals surface area contributed by atoms with Crippen molar-refractivity contribution in [2.24, 2.45) is 5.92 Å². The molecule has 20 heavy (non-hydrogen) atoms. The first-order valence-corrected chi connectivity index (χ1v) is 8.63. The van der Waals surface area contributed by atoms with Crippen molar-refractivity contribution in [1.82, 2.24) is 4.31 Å². The number of piperidine rings is 1. The predicted octanol–water partition coefficient (Wildman–Crippen LogP) is 2.30. The summed E-state index contributed by atoms with van der Waals surface area (Å²) in [6.45, 7) is 5.09. The first kappa shape index (κ1) is 15.5. The average molecular weight is 297 g/mol. The van der Waals surface area contributed by atoms with Gasteiger partial charge in [0.1, 0.15) is 0 Å². The minimum absolute atomic E-state index is 0.132. The maximum Gasteiger partial charge on any atom is 0.243 e. The van der Waals surface area contributed by atoms with Crippen molar-refractivity contribution in [3.8, 4) is 0 Å². The number of aliphatic hydroxyl groups excluding tert-OH is 1. The molecule has 1 aliphatic heterocycles. The molecule has 1 aliphatic rings. The van der Waals surface area contributed by atoms with Crippen molar-refractivity contribution in [2.45, 2.75) is 44.6 Å². The minimum Gasteiger partial charge on any atom is -0.392 e. The highest BCUT2D eigenvalue weighted by Gasteiger charge is 2.28. The van der Waals surface area contributed by atoms with Gasteiger partial charge in [-0.3, -0.25) is 0 Å². The number of sulfonamides is 1. The summed E-state index contributed by atoms with van der Waals surface area (Å²) in [5.41, 5.74) is 1.59. The molecule has 0 amide bonds. The largest absolute Gasteiger partial charge is 0.392 e. The second-order valence-corrected chi connectivity index (χ2v) is 7.44. The second-order valence-electron chi connectivity index (χ2n) is 5.50. The molecule has 1 N–H and O–H groups in total. The van der Waals surface area contributed by atoms with Crippen LogP contribution >= 0.6 is 0 Å². The van der Waals surface area contributed by atoms with Crippen molar-refractivity contribution in [2.75, 3.05) is 13.1 Å². The molecule has 1 heterocycles. The van der Waals surface area contributed by atoms with E-state index in [0.717, 1.165) is 24.8 Å². The number of aryl methyl sites for hydroxylation is 1. The molecule has 1 aromatic rings. The van der Waals surface area contributed by atoms with Gasteiger partial charge in [0.25, 0.3) is 0 Å². The van der Waals surface area contributed by atoms with Crippen molar-refractivity contribution >= 4 is 10.0 Å². The zero-order chi connectivity index (χ0) is 14.8. The molecule has 1 aromatic carbocycles. The third-order valence-corrected chi connectivity index (χ3v) is 6.17. The van der Waals surface area contributed by atoms with E-state index in [1.54, 1.807) is 22.5 Å². The van der Waals surface area contributed by atoms with Crippen LogP contribution in [0, 0.1) is 12.8 Å². The molecule has 0 radical (unpaired) electrons. The zero-order valence-corrected chi connectivity index (χ0v) is 13.0. The molecule has 0 spiro atoms. The van der Waals surface area contributed by atoms with Crippen molar-refractivity contribution in [3.63, 3.8) is 0 Å². The summed E-state index contributed by atoms with van der Waals surface area (Å²) in [4.78, 5) is 0.294. The topological polar surface area (TPSA) is 57.6 Å². The Bertz CT molecular complexity index is 560. The highest BCUT2D eigenvalue weighted by atomic mass is 32.2. The van der Waals surface area contributed by atoms with E-state index >= 15 is 0 Å². The van der Waals surface area contributed by atoms with E-state index in [9.17, 15) is 13.5 Å². The molecule has 0 aromatic heterocycles. The number of hydrogen-bond acceptors (Lipinski definition) is 3. The van der Waals surface area contributed by atoms with Gasteiger partial charge in [0.2, 0.25) is 10.0 Å². The average Bonchev–Trinajstić information content (AvgIpc) is 2.47. The lowest BCUT2D eigenvalue weighted by molar-refractivity contribution is 0.268. The lowest BCUT2D eigenvalue weighted by Crippen LogP contribution is -2.38. The van der Waals surface area contributed by atoms with Crippen LogP contribution in [0.2, 0.25) is 0 Å². The molecular weight excluding hydrogens is 274 g/mol. The van der Waals surface area contributed by atoms with Gasteiger partial charge in [-0.15, -0.1) is 0 Å². The Morgan fingerprint density at radius 3 is 2.50 bits per heavy atom. The van der Waals surface area contributed by atoms with E-state index < -0.39 is 10.0 Å². The summed E-state index contributed by atoms with van der Waals surface area (Å²) >= 11 is 0. The zero-order valence-electron chi connectivity index (χ0n) is 12.2. The van der Waals surface area contributed by atoms with Crippen molar-refractivity contribution < 1.29 is 13.5 Å². The van der Waals surface area contributed by atoms with Crippen LogP contribution in [0.1, 0.15) is 37.3 Å². The van der Waals surface area contributed by atoms with E-state index in [-0.39, 0.29) is 6.61 Å². The second kappa shape index (κ2) is 6.24. The summed E-state index contributed by atoms with van der Waals surface area (Å²) in [7, 11) is -3.42. The van der Waals surface area contributed by atoms with Crippen LogP contribution in [0.4, 0.5) is 0 Å². The summed E-state index contributed by atoms with van der Waals surface area (Å²) < 4.78 is 26.8. The fourth-order valence-electron chi connectivity index (χ4n) is 2.69. The molecule has 1 saturated heterocycles. The minimum atomic E-state index is -3.42. The Morgan fingerprint density at radius 2 is 1.95 bits per heavy atom. The maximum absolute atomic E-state index is 12.6. The Labute approximate surface area is 121 Å². The smallest absolute Gasteiger partial charge is 0.243 e. The quantitative estimate of drug-likeness (QED) is 0.927. The summed E-state index contributed by atoms with van der Waals surface area (Å²) in [5.74, 6) is 0.646. The van der Waals surface area contributed by atoms with Crippen LogP contribution in [0.25, 0.3) is 0 Å².